The Labute approximate surface area is 148 Å². The Morgan fingerprint density at radius 2 is 1.76 bits per heavy atom. The molecule has 0 spiro atoms. The smallest absolute Gasteiger partial charge is 0.256 e. The van der Waals surface area contributed by atoms with E-state index < -0.39 is 5.82 Å². The molecule has 1 saturated carbocycles. The van der Waals surface area contributed by atoms with E-state index in [1.165, 1.54) is 12.1 Å². The molecular weight excluding hydrogens is 321 g/mol. The van der Waals surface area contributed by atoms with Crippen LogP contribution in [0.1, 0.15) is 36.0 Å². The number of nitrogens with two attached hydrogens (primary N) is 1. The molecule has 2 N–H and O–H groups in total. The van der Waals surface area contributed by atoms with E-state index in [0.29, 0.717) is 39.1 Å². The maximum atomic E-state index is 13.9. The first-order valence-electron chi connectivity index (χ1n) is 9.14. The standard InChI is InChI=1S/C19H26FN3O2/c20-17-8-2-1-6-16(17)19(25)23-10-4-9-22(11-12-23)18(24)15-7-3-5-14(15)13-21/h1-2,6,8,14-15H,3-5,7,9-13,21H2/t14-,15-/m1/s1. The monoisotopic (exact) mass is 347 g/mol. The molecule has 1 aromatic rings. The summed E-state index contributed by atoms with van der Waals surface area (Å²) in [7, 11) is 0. The fourth-order valence-corrected chi connectivity index (χ4v) is 4.02. The Kier molecular flexibility index (Phi) is 5.68. The number of hydrogen-bond acceptors (Lipinski definition) is 3. The summed E-state index contributed by atoms with van der Waals surface area (Å²) in [6.07, 6.45) is 3.71. The van der Waals surface area contributed by atoms with E-state index in [4.69, 9.17) is 5.73 Å². The number of carbonyl (C=O) groups is 2. The van der Waals surface area contributed by atoms with Crippen LogP contribution in [-0.4, -0.2) is 54.3 Å². The molecule has 0 unspecified atom stereocenters. The van der Waals surface area contributed by atoms with Gasteiger partial charge in [-0.05, 0) is 43.9 Å². The summed E-state index contributed by atoms with van der Waals surface area (Å²) in [6.45, 7) is 2.70. The van der Waals surface area contributed by atoms with Gasteiger partial charge in [-0.15, -0.1) is 0 Å². The molecule has 1 aliphatic heterocycles. The fraction of sp³-hybridized carbons (Fsp3) is 0.579. The third-order valence-electron chi connectivity index (χ3n) is 5.48. The number of rotatable bonds is 3. The molecule has 1 aromatic carbocycles. The Hall–Kier alpha value is -1.95. The lowest BCUT2D eigenvalue weighted by atomic mass is 9.94. The summed E-state index contributed by atoms with van der Waals surface area (Å²) in [5, 5.41) is 0. The molecule has 1 heterocycles. The fourth-order valence-electron chi connectivity index (χ4n) is 4.02. The van der Waals surface area contributed by atoms with Crippen LogP contribution in [-0.2, 0) is 4.79 Å². The van der Waals surface area contributed by atoms with Crippen LogP contribution in [0.5, 0.6) is 0 Å². The molecule has 0 radical (unpaired) electrons. The maximum Gasteiger partial charge on any atom is 0.256 e. The van der Waals surface area contributed by atoms with E-state index in [0.717, 1.165) is 19.3 Å². The van der Waals surface area contributed by atoms with Gasteiger partial charge in [0, 0.05) is 32.1 Å². The van der Waals surface area contributed by atoms with E-state index >= 15 is 0 Å². The molecule has 2 aliphatic rings. The molecule has 2 amide bonds. The number of hydrogen-bond donors (Lipinski definition) is 1. The van der Waals surface area contributed by atoms with E-state index in [9.17, 15) is 14.0 Å². The Bertz CT molecular complexity index is 637. The molecule has 2 atom stereocenters. The van der Waals surface area contributed by atoms with Gasteiger partial charge < -0.3 is 15.5 Å². The number of nitrogens with zero attached hydrogens (tertiary/aromatic N) is 2. The van der Waals surface area contributed by atoms with Gasteiger partial charge >= 0.3 is 0 Å². The Balaban J connectivity index is 1.63. The van der Waals surface area contributed by atoms with Crippen molar-refractivity contribution in [3.05, 3.63) is 35.6 Å². The van der Waals surface area contributed by atoms with Gasteiger partial charge in [0.15, 0.2) is 0 Å². The van der Waals surface area contributed by atoms with Crippen LogP contribution >= 0.6 is 0 Å². The highest BCUT2D eigenvalue weighted by Gasteiger charge is 2.35. The van der Waals surface area contributed by atoms with Crippen LogP contribution in [0.4, 0.5) is 4.39 Å². The molecule has 6 heteroatoms. The van der Waals surface area contributed by atoms with Gasteiger partial charge in [0.1, 0.15) is 5.82 Å². The first-order chi connectivity index (χ1) is 12.1. The van der Waals surface area contributed by atoms with Gasteiger partial charge in [-0.25, -0.2) is 4.39 Å². The zero-order valence-corrected chi connectivity index (χ0v) is 14.5. The molecule has 0 aromatic heterocycles. The molecule has 3 rings (SSSR count). The van der Waals surface area contributed by atoms with Gasteiger partial charge in [0.2, 0.25) is 5.91 Å². The van der Waals surface area contributed by atoms with Crippen molar-refractivity contribution in [1.82, 2.24) is 9.80 Å². The molecule has 0 bridgehead atoms. The minimum atomic E-state index is -0.499. The Morgan fingerprint density at radius 1 is 1.04 bits per heavy atom. The third-order valence-corrected chi connectivity index (χ3v) is 5.48. The van der Waals surface area contributed by atoms with Crippen LogP contribution in [0.2, 0.25) is 0 Å². The lowest BCUT2D eigenvalue weighted by Gasteiger charge is -2.27. The summed E-state index contributed by atoms with van der Waals surface area (Å²) in [4.78, 5) is 28.9. The molecule has 5 nitrogen and oxygen atoms in total. The van der Waals surface area contributed by atoms with Crippen molar-refractivity contribution in [1.29, 1.82) is 0 Å². The van der Waals surface area contributed by atoms with Crippen LogP contribution in [0.25, 0.3) is 0 Å². The van der Waals surface area contributed by atoms with Crippen LogP contribution < -0.4 is 5.73 Å². The second kappa shape index (κ2) is 7.95. The topological polar surface area (TPSA) is 66.6 Å². The van der Waals surface area contributed by atoms with E-state index in [1.807, 2.05) is 4.90 Å². The van der Waals surface area contributed by atoms with Crippen LogP contribution in [0, 0.1) is 17.7 Å². The predicted molar refractivity (Wildman–Crippen MR) is 93.4 cm³/mol. The maximum absolute atomic E-state index is 13.9. The number of amides is 2. The molecule has 25 heavy (non-hydrogen) atoms. The van der Waals surface area contributed by atoms with Crippen molar-refractivity contribution < 1.29 is 14.0 Å². The number of benzene rings is 1. The van der Waals surface area contributed by atoms with Crippen molar-refractivity contribution in [2.75, 3.05) is 32.7 Å². The predicted octanol–water partition coefficient (Wildman–Crippen LogP) is 1.88. The largest absolute Gasteiger partial charge is 0.341 e. The second-order valence-electron chi connectivity index (χ2n) is 6.98. The second-order valence-corrected chi connectivity index (χ2v) is 6.98. The average molecular weight is 347 g/mol. The first kappa shape index (κ1) is 17.9. The highest BCUT2D eigenvalue weighted by atomic mass is 19.1. The molecule has 1 aliphatic carbocycles. The molecular formula is C19H26FN3O2. The van der Waals surface area contributed by atoms with Crippen molar-refractivity contribution in [3.8, 4) is 0 Å². The molecule has 136 valence electrons. The van der Waals surface area contributed by atoms with Gasteiger partial charge in [-0.1, -0.05) is 18.6 Å². The molecule has 1 saturated heterocycles. The number of carbonyl (C=O) groups excluding carboxylic acids is 2. The van der Waals surface area contributed by atoms with E-state index in [-0.39, 0.29) is 29.2 Å². The van der Waals surface area contributed by atoms with E-state index in [2.05, 4.69) is 0 Å². The summed E-state index contributed by atoms with van der Waals surface area (Å²) in [5.74, 6) is -0.312. The zero-order chi connectivity index (χ0) is 17.8. The van der Waals surface area contributed by atoms with E-state index in [1.54, 1.807) is 17.0 Å². The van der Waals surface area contributed by atoms with Crippen molar-refractivity contribution in [2.24, 2.45) is 17.6 Å². The highest BCUT2D eigenvalue weighted by molar-refractivity contribution is 5.94. The minimum absolute atomic E-state index is 0.0267. The van der Waals surface area contributed by atoms with Gasteiger partial charge in [0.05, 0.1) is 5.56 Å². The van der Waals surface area contributed by atoms with Crippen molar-refractivity contribution in [2.45, 2.75) is 25.7 Å². The lowest BCUT2D eigenvalue weighted by Crippen LogP contribution is -2.41. The van der Waals surface area contributed by atoms with Crippen LogP contribution in [0.3, 0.4) is 0 Å². The summed E-state index contributed by atoms with van der Waals surface area (Å²) < 4.78 is 13.9. The first-order valence-corrected chi connectivity index (χ1v) is 9.14. The average Bonchev–Trinajstić information content (AvgIpc) is 2.97. The highest BCUT2D eigenvalue weighted by Crippen LogP contribution is 2.32. The van der Waals surface area contributed by atoms with Crippen molar-refractivity contribution in [3.63, 3.8) is 0 Å². The SMILES string of the molecule is NC[C@H]1CCC[C@H]1C(=O)N1CCCN(C(=O)c2ccccc2F)CC1. The van der Waals surface area contributed by atoms with Gasteiger partial charge in [-0.2, -0.15) is 0 Å². The normalized spacial score (nSPS) is 24.2. The van der Waals surface area contributed by atoms with Crippen LogP contribution in [0.15, 0.2) is 24.3 Å². The number of halogens is 1. The quantitative estimate of drug-likeness (QED) is 0.908. The van der Waals surface area contributed by atoms with Gasteiger partial charge in [-0.3, -0.25) is 9.59 Å². The molecule has 2 fully saturated rings. The zero-order valence-electron chi connectivity index (χ0n) is 14.5. The van der Waals surface area contributed by atoms with Gasteiger partial charge in [0.25, 0.3) is 5.91 Å². The third kappa shape index (κ3) is 3.84. The lowest BCUT2D eigenvalue weighted by molar-refractivity contribution is -0.136. The summed E-state index contributed by atoms with van der Waals surface area (Å²) in [5.41, 5.74) is 5.90. The summed E-state index contributed by atoms with van der Waals surface area (Å²) in [6, 6.07) is 6.05. The Morgan fingerprint density at radius 3 is 2.52 bits per heavy atom. The minimum Gasteiger partial charge on any atom is -0.341 e. The summed E-state index contributed by atoms with van der Waals surface area (Å²) >= 11 is 0. The van der Waals surface area contributed by atoms with Crippen molar-refractivity contribution >= 4 is 11.8 Å².